The van der Waals surface area contributed by atoms with E-state index in [1.165, 1.54) is 119 Å². The Balaban J connectivity index is 0.0000000991. The Hall–Kier alpha value is -18.8. The highest BCUT2D eigenvalue weighted by atomic mass is 32.1. The van der Waals surface area contributed by atoms with E-state index in [0.717, 1.165) is 156 Å². The summed E-state index contributed by atoms with van der Waals surface area (Å²) in [7, 11) is -2.60. The summed E-state index contributed by atoms with van der Waals surface area (Å²) in [5, 5.41) is 19.4. The molecule has 22 aromatic carbocycles. The van der Waals surface area contributed by atoms with E-state index in [2.05, 4.69) is 511 Å². The van der Waals surface area contributed by atoms with Gasteiger partial charge in [0.1, 0.15) is 57.2 Å². The predicted octanol–water partition coefficient (Wildman–Crippen LogP) is 37.7. The summed E-state index contributed by atoms with van der Waals surface area (Å²) in [6.45, 7) is 4.64. The lowest BCUT2D eigenvalue weighted by Crippen LogP contribution is -2.72. The monoisotopic (exact) mass is 1950 g/mol. The number of fused-ring (bicyclic) bond motifs is 16. The van der Waals surface area contributed by atoms with Gasteiger partial charge in [0, 0.05) is 124 Å². The summed E-state index contributed by atoms with van der Waals surface area (Å²) in [5.41, 5.74) is 28.1. The van der Waals surface area contributed by atoms with Crippen LogP contribution in [-0.2, 0) is 5.41 Å². The number of thiophene rings is 1. The molecule has 0 unspecified atom stereocenters. The van der Waals surface area contributed by atoms with Crippen LogP contribution < -0.4 is 20.7 Å². The SMILES string of the molecule is CC1(C)c2ccccc2-c2c(-c3oc(-c4ccc(-c5ccccc5)cc4)c4ccccc34)cccc21.c1ccc(-c2ccc(-c3oc(-c4cccc5c4-c4ccccc4[Si]5(c4ccccc4)c4ccccc4)c4ccccc34)cc2)cc1.c1ccc(-c2ccc(-c3oc(-c4cccc5oc6ccccc6c45)c4ccccc34)cc2)cc1.c1ccc(-c2ccc(-c3oc(-c4cccc5sc6ccccc6c45)c4ccccc34)cc2)cc1. The van der Waals surface area contributed by atoms with Crippen LogP contribution in [0.2, 0.25) is 0 Å². The molecule has 0 saturated heterocycles. The Morgan fingerprint density at radius 1 is 0.167 bits per heavy atom. The molecule has 0 amide bonds. The predicted molar refractivity (Wildman–Crippen MR) is 630 cm³/mol. The smallest absolute Gasteiger partial charge is 0.180 e. The number of furan rings is 5. The van der Waals surface area contributed by atoms with Crippen LogP contribution in [0.3, 0.4) is 0 Å². The van der Waals surface area contributed by atoms with E-state index in [1.807, 2.05) is 59.9 Å². The summed E-state index contributed by atoms with van der Waals surface area (Å²) in [5.74, 6) is 7.30. The first kappa shape index (κ1) is 90.0. The van der Waals surface area contributed by atoms with Crippen LogP contribution in [0.5, 0.6) is 0 Å². The first-order valence-electron chi connectivity index (χ1n) is 51.3. The summed E-state index contributed by atoms with van der Waals surface area (Å²) < 4.78 is 35.9. The molecular weight excluding hydrogens is 1860 g/mol. The average Bonchev–Trinajstić information content (AvgIpc) is 1.52. The van der Waals surface area contributed by atoms with Crippen molar-refractivity contribution < 1.29 is 22.1 Å². The Morgan fingerprint density at radius 3 is 0.880 bits per heavy atom. The summed E-state index contributed by atoms with van der Waals surface area (Å²) in [6.07, 6.45) is 0. The highest BCUT2D eigenvalue weighted by molar-refractivity contribution is 7.26. The zero-order chi connectivity index (χ0) is 99.7. The molecular formula is C143H96O5SSi. The molecule has 6 aromatic heterocycles. The van der Waals surface area contributed by atoms with Gasteiger partial charge in [-0.3, -0.25) is 0 Å². The number of para-hydroxylation sites is 1. The fourth-order valence-electron chi connectivity index (χ4n) is 23.4. The second-order valence-electron chi connectivity index (χ2n) is 39.2. The highest BCUT2D eigenvalue weighted by Gasteiger charge is 2.50. The maximum atomic E-state index is 7.02. The van der Waals surface area contributed by atoms with Gasteiger partial charge >= 0.3 is 0 Å². The van der Waals surface area contributed by atoms with E-state index < -0.39 is 8.07 Å². The second-order valence-corrected chi connectivity index (χ2v) is 44.0. The Kier molecular flexibility index (Phi) is 22.8. The van der Waals surface area contributed by atoms with Crippen molar-refractivity contribution in [2.45, 2.75) is 19.3 Å². The fraction of sp³-hybridized carbons (Fsp3) is 0.0210. The third kappa shape index (κ3) is 15.6. The summed E-state index contributed by atoms with van der Waals surface area (Å²) in [6, 6.07) is 194. The van der Waals surface area contributed by atoms with Crippen molar-refractivity contribution in [1.29, 1.82) is 0 Å². The minimum Gasteiger partial charge on any atom is -0.456 e. The third-order valence-corrected chi connectivity index (χ3v) is 36.4. The van der Waals surface area contributed by atoms with Crippen molar-refractivity contribution in [3.8, 4) is 157 Å². The Labute approximate surface area is 874 Å². The normalized spacial score (nSPS) is 12.4. The zero-order valence-corrected chi connectivity index (χ0v) is 84.2. The molecule has 30 rings (SSSR count). The molecule has 0 bridgehead atoms. The van der Waals surface area contributed by atoms with Gasteiger partial charge in [-0.1, -0.05) is 536 Å². The fourth-order valence-corrected chi connectivity index (χ4v) is 29.7. The minimum atomic E-state index is -2.60. The summed E-state index contributed by atoms with van der Waals surface area (Å²) >= 11 is 1.84. The molecule has 0 N–H and O–H groups in total. The molecule has 0 saturated carbocycles. The van der Waals surface area contributed by atoms with Crippen molar-refractivity contribution in [3.63, 3.8) is 0 Å². The first-order valence-corrected chi connectivity index (χ1v) is 54.1. The van der Waals surface area contributed by atoms with Gasteiger partial charge in [0.25, 0.3) is 0 Å². The van der Waals surface area contributed by atoms with E-state index in [1.54, 1.807) is 0 Å². The van der Waals surface area contributed by atoms with Crippen LogP contribution in [0.25, 0.3) is 243 Å². The van der Waals surface area contributed by atoms with Gasteiger partial charge in [-0.15, -0.1) is 11.3 Å². The Morgan fingerprint density at radius 2 is 0.440 bits per heavy atom. The van der Waals surface area contributed by atoms with E-state index in [-0.39, 0.29) is 5.41 Å². The Bertz CT molecular complexity index is 9620. The largest absolute Gasteiger partial charge is 0.456 e. The zero-order valence-electron chi connectivity index (χ0n) is 82.4. The van der Waals surface area contributed by atoms with Gasteiger partial charge in [0.2, 0.25) is 0 Å². The molecule has 150 heavy (non-hydrogen) atoms. The van der Waals surface area contributed by atoms with Crippen LogP contribution in [0.4, 0.5) is 0 Å². The number of hydrogen-bond donors (Lipinski definition) is 0. The lowest BCUT2D eigenvalue weighted by Gasteiger charge is -2.31. The van der Waals surface area contributed by atoms with Gasteiger partial charge in [-0.25, -0.2) is 0 Å². The van der Waals surface area contributed by atoms with Crippen molar-refractivity contribution in [2.75, 3.05) is 0 Å². The van der Waals surface area contributed by atoms with Crippen LogP contribution in [0.1, 0.15) is 25.0 Å². The molecule has 2 aliphatic rings. The molecule has 1 aliphatic carbocycles. The molecule has 708 valence electrons. The molecule has 28 aromatic rings. The van der Waals surface area contributed by atoms with Gasteiger partial charge in [-0.2, -0.15) is 0 Å². The topological polar surface area (TPSA) is 65.7 Å². The molecule has 0 spiro atoms. The van der Waals surface area contributed by atoms with Gasteiger partial charge in [0.05, 0.1) is 0 Å². The van der Waals surface area contributed by atoms with Gasteiger partial charge in [0.15, 0.2) is 8.07 Å². The number of hydrogen-bond acceptors (Lipinski definition) is 6. The minimum absolute atomic E-state index is 0.0412. The average molecular weight is 1950 g/mol. The van der Waals surface area contributed by atoms with Crippen LogP contribution in [0.15, 0.2) is 568 Å². The first-order chi connectivity index (χ1) is 74.2. The van der Waals surface area contributed by atoms with Crippen LogP contribution in [0, 0.1) is 0 Å². The van der Waals surface area contributed by atoms with Crippen molar-refractivity contribution in [2.24, 2.45) is 0 Å². The van der Waals surface area contributed by atoms with Crippen molar-refractivity contribution in [1.82, 2.24) is 0 Å². The maximum absolute atomic E-state index is 7.02. The molecule has 0 atom stereocenters. The van der Waals surface area contributed by atoms with Crippen LogP contribution >= 0.6 is 11.3 Å². The van der Waals surface area contributed by atoms with Gasteiger partial charge < -0.3 is 22.1 Å². The molecule has 1 aliphatic heterocycles. The van der Waals surface area contributed by atoms with Crippen molar-refractivity contribution >= 4 is 125 Å². The lowest BCUT2D eigenvalue weighted by atomic mass is 9.82. The highest BCUT2D eigenvalue weighted by Crippen LogP contribution is 2.56. The van der Waals surface area contributed by atoms with Crippen LogP contribution in [-0.4, -0.2) is 8.07 Å². The van der Waals surface area contributed by atoms with E-state index in [9.17, 15) is 0 Å². The third-order valence-electron chi connectivity index (χ3n) is 30.4. The molecule has 5 nitrogen and oxygen atoms in total. The second kappa shape index (κ2) is 38.0. The van der Waals surface area contributed by atoms with E-state index in [0.29, 0.717) is 0 Å². The van der Waals surface area contributed by atoms with Gasteiger partial charge in [-0.05, 0) is 123 Å². The van der Waals surface area contributed by atoms with E-state index in [4.69, 9.17) is 22.1 Å². The maximum Gasteiger partial charge on any atom is 0.180 e. The standard InChI is InChI=1S/C44H30OSi.C35H26O.C32H20O2.C32H20OS/c1-4-15-31(16-5-1)32-27-29-33(30-28-32)43-36-21-10-11-22-37(36)44(45-43)39-24-14-26-41-42(39)38-23-12-13-25-40(38)46(41,34-17-6-2-7-18-34)35-19-8-3-9-20-35;1-35(2)30-17-9-8-15-28(30)32-29(16-10-18-31(32)35)34-27-14-7-6-13-26(27)33(36-34)25-21-19-24(20-22-25)23-11-4-3-5-12-23;1-2-9-21(10-3-1)22-17-19-23(20-18-22)31-24-11-4-5-12-25(24)32(34-31)27-14-8-16-29-30(27)26-13-6-7-15-28(26)33-29;1-2-9-21(10-3-1)22-17-19-23(20-18-22)31-24-11-4-5-12-25(24)32(33-31)27-14-8-16-29-30(27)26-13-6-7-15-28(26)34-29/h1-30H;3-22H,1-2H3;2*1-20H. The molecule has 0 radical (unpaired) electrons. The lowest BCUT2D eigenvalue weighted by molar-refractivity contribution is 0.601. The molecule has 7 heterocycles. The number of rotatable bonds is 14. The molecule has 0 fully saturated rings. The van der Waals surface area contributed by atoms with Crippen molar-refractivity contribution in [3.05, 3.63) is 557 Å². The quantitative estimate of drug-likeness (QED) is 0.102. The summed E-state index contributed by atoms with van der Waals surface area (Å²) in [4.78, 5) is 0. The molecule has 7 heteroatoms. The van der Waals surface area contributed by atoms with E-state index >= 15 is 0 Å². The number of benzene rings is 22.